The maximum absolute atomic E-state index is 13.6. The lowest BCUT2D eigenvalue weighted by Crippen LogP contribution is -2.11. The first-order valence-electron chi connectivity index (χ1n) is 11.3. The number of rotatable bonds is 6. The van der Waals surface area contributed by atoms with Crippen molar-refractivity contribution in [1.82, 2.24) is 0 Å². The van der Waals surface area contributed by atoms with Crippen LogP contribution in [0.25, 0.3) is 0 Å². The van der Waals surface area contributed by atoms with E-state index in [2.05, 4.69) is 49.1 Å². The minimum absolute atomic E-state index is 0.237. The number of nitrogens with zero attached hydrogens (tertiary/aromatic N) is 1. The first-order valence-corrected chi connectivity index (χ1v) is 11.3. The Morgan fingerprint density at radius 3 is 2.29 bits per heavy atom. The second kappa shape index (κ2) is 11.5. The lowest BCUT2D eigenvalue weighted by Gasteiger charge is -2.27. The molecule has 160 valence electrons. The lowest BCUT2D eigenvalue weighted by molar-refractivity contribution is 0.376. The molecule has 2 aromatic rings. The number of hydrogen-bond acceptors (Lipinski definition) is 1. The zero-order chi connectivity index (χ0) is 22.1. The van der Waals surface area contributed by atoms with E-state index in [4.69, 9.17) is 5.26 Å². The number of nitriles is 1. The summed E-state index contributed by atoms with van der Waals surface area (Å²) in [5, 5.41) is 8.71. The van der Waals surface area contributed by atoms with Gasteiger partial charge in [0.25, 0.3) is 0 Å². The van der Waals surface area contributed by atoms with Crippen LogP contribution in [0.1, 0.15) is 80.0 Å². The van der Waals surface area contributed by atoms with Gasteiger partial charge in [-0.05, 0) is 79.7 Å². The van der Waals surface area contributed by atoms with Crippen molar-refractivity contribution in [1.29, 1.82) is 5.26 Å². The number of allylic oxidation sites excluding steroid dienone is 2. The molecule has 1 aliphatic rings. The molecule has 0 N–H and O–H groups in total. The molecule has 0 radical (unpaired) electrons. The highest BCUT2D eigenvalue weighted by molar-refractivity contribution is 5.43. The molecule has 3 rings (SSSR count). The zero-order valence-electron chi connectivity index (χ0n) is 18.1. The lowest BCUT2D eigenvalue weighted by atomic mass is 9.78. The van der Waals surface area contributed by atoms with E-state index in [1.54, 1.807) is 6.08 Å². The summed E-state index contributed by atoms with van der Waals surface area (Å²) in [7, 11) is 0. The van der Waals surface area contributed by atoms with Gasteiger partial charge in [0.2, 0.25) is 0 Å². The normalized spacial score (nSPS) is 18.4. The number of unbranched alkanes of at least 4 members (excludes halogenated alkanes) is 2. The summed E-state index contributed by atoms with van der Waals surface area (Å²) in [5.41, 5.74) is 2.56. The van der Waals surface area contributed by atoms with Gasteiger partial charge in [0.1, 0.15) is 23.3 Å². The summed E-state index contributed by atoms with van der Waals surface area (Å²) in [6.45, 7) is 2.23. The number of benzene rings is 2. The Morgan fingerprint density at radius 2 is 1.68 bits per heavy atom. The third-order valence-corrected chi connectivity index (χ3v) is 6.11. The average Bonchev–Trinajstić information content (AvgIpc) is 2.78. The van der Waals surface area contributed by atoms with E-state index in [0.717, 1.165) is 25.0 Å². The van der Waals surface area contributed by atoms with Gasteiger partial charge in [-0.2, -0.15) is 5.26 Å². The van der Waals surface area contributed by atoms with Crippen LogP contribution in [0.4, 0.5) is 8.78 Å². The molecule has 1 nitrogen and oxygen atoms in total. The molecule has 3 heteroatoms. The highest BCUT2D eigenvalue weighted by Crippen LogP contribution is 2.36. The molecule has 1 aliphatic carbocycles. The van der Waals surface area contributed by atoms with Crippen molar-refractivity contribution in [2.45, 2.75) is 64.2 Å². The van der Waals surface area contributed by atoms with Crippen LogP contribution in [0.2, 0.25) is 0 Å². The van der Waals surface area contributed by atoms with E-state index >= 15 is 0 Å². The standard InChI is InChI=1S/C28H29F2N/c1-2-3-4-7-21-10-14-24(15-11-21)25-16-12-22(13-17-25)8-5-6-9-23-18-27(29)26(20-31)28(30)19-23/h5,8,10-11,14-15,18-19,22,25H,2-4,7,12-13,16-17H2,1H3/t22-,25-. The second-order valence-corrected chi connectivity index (χ2v) is 8.37. The molecule has 0 amide bonds. The second-order valence-electron chi connectivity index (χ2n) is 8.37. The third kappa shape index (κ3) is 6.53. The van der Waals surface area contributed by atoms with E-state index in [1.807, 2.05) is 0 Å². The Balaban J connectivity index is 1.49. The molecular formula is C28H29F2N. The van der Waals surface area contributed by atoms with Crippen LogP contribution in [0.5, 0.6) is 0 Å². The zero-order valence-corrected chi connectivity index (χ0v) is 18.1. The highest BCUT2D eigenvalue weighted by atomic mass is 19.1. The Hall–Kier alpha value is -2.91. The van der Waals surface area contributed by atoms with Gasteiger partial charge in [-0.25, -0.2) is 8.78 Å². The summed E-state index contributed by atoms with van der Waals surface area (Å²) in [4.78, 5) is 0. The smallest absolute Gasteiger partial charge is 0.145 e. The van der Waals surface area contributed by atoms with E-state index < -0.39 is 17.2 Å². The number of hydrogen-bond donors (Lipinski definition) is 0. The van der Waals surface area contributed by atoms with Crippen LogP contribution >= 0.6 is 0 Å². The fourth-order valence-electron chi connectivity index (χ4n) is 4.24. The van der Waals surface area contributed by atoms with Crippen molar-refractivity contribution in [3.05, 3.63) is 82.4 Å². The Bertz CT molecular complexity index is 971. The molecule has 1 fully saturated rings. The van der Waals surface area contributed by atoms with Crippen LogP contribution in [0, 0.1) is 40.7 Å². The third-order valence-electron chi connectivity index (χ3n) is 6.11. The summed E-state index contributed by atoms with van der Waals surface area (Å²) in [5.74, 6) is 4.99. The summed E-state index contributed by atoms with van der Waals surface area (Å²) >= 11 is 0. The van der Waals surface area contributed by atoms with Crippen molar-refractivity contribution < 1.29 is 8.78 Å². The van der Waals surface area contributed by atoms with Gasteiger partial charge < -0.3 is 0 Å². The molecule has 0 saturated heterocycles. The number of halogens is 2. The SMILES string of the molecule is CCCCCc1ccc([C@H]2CC[C@H](C=CC#Cc3cc(F)c(C#N)c(F)c3)CC2)cc1. The van der Waals surface area contributed by atoms with Gasteiger partial charge >= 0.3 is 0 Å². The monoisotopic (exact) mass is 417 g/mol. The average molecular weight is 418 g/mol. The summed E-state index contributed by atoms with van der Waals surface area (Å²) < 4.78 is 27.3. The van der Waals surface area contributed by atoms with Crippen LogP contribution in [-0.4, -0.2) is 0 Å². The topological polar surface area (TPSA) is 23.8 Å². The molecule has 31 heavy (non-hydrogen) atoms. The van der Waals surface area contributed by atoms with Gasteiger partial charge in [0, 0.05) is 5.56 Å². The van der Waals surface area contributed by atoms with Crippen molar-refractivity contribution in [3.8, 4) is 17.9 Å². The van der Waals surface area contributed by atoms with Crippen LogP contribution < -0.4 is 0 Å². The van der Waals surface area contributed by atoms with E-state index in [0.29, 0.717) is 11.8 Å². The maximum Gasteiger partial charge on any atom is 0.145 e. The fraction of sp³-hybridized carbons (Fsp3) is 0.393. The fourth-order valence-corrected chi connectivity index (χ4v) is 4.24. The minimum atomic E-state index is -0.872. The largest absolute Gasteiger partial charge is 0.205 e. The summed E-state index contributed by atoms with van der Waals surface area (Å²) in [6.07, 6.45) is 13.5. The molecule has 0 aliphatic heterocycles. The Morgan fingerprint density at radius 1 is 1.00 bits per heavy atom. The quantitative estimate of drug-likeness (QED) is 0.354. The Kier molecular flexibility index (Phi) is 8.43. The van der Waals surface area contributed by atoms with Crippen LogP contribution in [0.3, 0.4) is 0 Å². The van der Waals surface area contributed by atoms with Gasteiger partial charge in [-0.3, -0.25) is 0 Å². The maximum atomic E-state index is 13.6. The highest BCUT2D eigenvalue weighted by Gasteiger charge is 2.20. The van der Waals surface area contributed by atoms with Crippen molar-refractivity contribution in [2.75, 3.05) is 0 Å². The van der Waals surface area contributed by atoms with Gasteiger partial charge in [-0.15, -0.1) is 0 Å². The van der Waals surface area contributed by atoms with E-state index in [1.165, 1.54) is 55.7 Å². The summed E-state index contributed by atoms with van der Waals surface area (Å²) in [6, 6.07) is 12.9. The molecule has 2 aromatic carbocycles. The Labute approximate surface area is 184 Å². The minimum Gasteiger partial charge on any atom is -0.205 e. The molecule has 0 aromatic heterocycles. The first-order chi connectivity index (χ1) is 15.1. The molecule has 0 bridgehead atoms. The first kappa shape index (κ1) is 22.8. The van der Waals surface area contributed by atoms with Crippen LogP contribution in [-0.2, 0) is 6.42 Å². The van der Waals surface area contributed by atoms with Gasteiger partial charge in [-0.1, -0.05) is 61.9 Å². The molecule has 0 atom stereocenters. The van der Waals surface area contributed by atoms with E-state index in [-0.39, 0.29) is 5.56 Å². The predicted molar refractivity (Wildman–Crippen MR) is 121 cm³/mol. The molecule has 0 spiro atoms. The van der Waals surface area contributed by atoms with Gasteiger partial charge in [0.05, 0.1) is 0 Å². The molecule has 0 heterocycles. The predicted octanol–water partition coefficient (Wildman–Crippen LogP) is 7.45. The molecular weight excluding hydrogens is 388 g/mol. The van der Waals surface area contributed by atoms with Crippen molar-refractivity contribution in [3.63, 3.8) is 0 Å². The van der Waals surface area contributed by atoms with Gasteiger partial charge in [0.15, 0.2) is 0 Å². The van der Waals surface area contributed by atoms with Crippen LogP contribution in [0.15, 0.2) is 48.6 Å². The molecule has 1 saturated carbocycles. The van der Waals surface area contributed by atoms with E-state index in [9.17, 15) is 8.78 Å². The number of aryl methyl sites for hydroxylation is 1. The van der Waals surface area contributed by atoms with Crippen molar-refractivity contribution >= 4 is 0 Å². The van der Waals surface area contributed by atoms with Crippen molar-refractivity contribution in [2.24, 2.45) is 5.92 Å². The molecule has 0 unspecified atom stereocenters.